The summed E-state index contributed by atoms with van der Waals surface area (Å²) in [5.74, 6) is -3.68. The summed E-state index contributed by atoms with van der Waals surface area (Å²) < 4.78 is 63.4. The zero-order valence-corrected chi connectivity index (χ0v) is 15.0. The van der Waals surface area contributed by atoms with Crippen molar-refractivity contribution in [3.05, 3.63) is 59.7 Å². The third-order valence-corrected chi connectivity index (χ3v) is 3.49. The second-order valence-corrected chi connectivity index (χ2v) is 5.83. The van der Waals surface area contributed by atoms with Gasteiger partial charge in [0.2, 0.25) is 0 Å². The molecule has 0 aliphatic rings. The topological polar surface area (TPSA) is 65.5 Å². The summed E-state index contributed by atoms with van der Waals surface area (Å²) in [6.45, 7) is 1.54. The quantitative estimate of drug-likeness (QED) is 0.303. The Labute approximate surface area is 161 Å². The number of alkyl halides is 3. The highest BCUT2D eigenvalue weighted by Crippen LogP contribution is 2.19. The average Bonchev–Trinajstić information content (AvgIpc) is 2.61. The van der Waals surface area contributed by atoms with Crippen molar-refractivity contribution in [3.8, 4) is 0 Å². The summed E-state index contributed by atoms with van der Waals surface area (Å²) in [6, 6.07) is 8.45. The van der Waals surface area contributed by atoms with Crippen LogP contribution >= 0.6 is 12.2 Å². The molecule has 0 radical (unpaired) electrons. The van der Waals surface area contributed by atoms with Crippen molar-refractivity contribution in [2.24, 2.45) is 5.10 Å². The van der Waals surface area contributed by atoms with Gasteiger partial charge < -0.3 is 10.6 Å². The molecule has 0 bridgehead atoms. The summed E-state index contributed by atoms with van der Waals surface area (Å²) in [5, 5.41) is 8.07. The molecule has 0 aliphatic heterocycles. The largest absolute Gasteiger partial charge is 0.471 e. The predicted molar refractivity (Wildman–Crippen MR) is 99.1 cm³/mol. The zero-order chi connectivity index (χ0) is 20.9. The fourth-order valence-electron chi connectivity index (χ4n) is 1.96. The van der Waals surface area contributed by atoms with E-state index in [4.69, 9.17) is 12.2 Å². The number of rotatable bonds is 4. The van der Waals surface area contributed by atoms with Crippen molar-refractivity contribution in [3.63, 3.8) is 0 Å². The van der Waals surface area contributed by atoms with Crippen molar-refractivity contribution in [2.45, 2.75) is 13.1 Å². The summed E-state index contributed by atoms with van der Waals surface area (Å²) in [7, 11) is 0. The van der Waals surface area contributed by atoms with Gasteiger partial charge in [0, 0.05) is 11.8 Å². The lowest BCUT2D eigenvalue weighted by Gasteiger charge is -2.10. The third-order valence-electron chi connectivity index (χ3n) is 3.30. The van der Waals surface area contributed by atoms with Gasteiger partial charge in [0.15, 0.2) is 5.11 Å². The van der Waals surface area contributed by atoms with E-state index in [1.807, 2.05) is 0 Å². The van der Waals surface area contributed by atoms with E-state index in [2.05, 4.69) is 15.8 Å². The van der Waals surface area contributed by atoms with E-state index in [9.17, 15) is 26.7 Å². The molecule has 1 amide bonds. The van der Waals surface area contributed by atoms with Crippen LogP contribution in [-0.4, -0.2) is 22.9 Å². The summed E-state index contributed by atoms with van der Waals surface area (Å²) in [6.07, 6.45) is -5.01. The maximum Gasteiger partial charge on any atom is 0.471 e. The van der Waals surface area contributed by atoms with Crippen LogP contribution < -0.4 is 16.1 Å². The second-order valence-electron chi connectivity index (χ2n) is 5.42. The second kappa shape index (κ2) is 8.74. The van der Waals surface area contributed by atoms with Crippen molar-refractivity contribution in [2.75, 3.05) is 10.6 Å². The van der Waals surface area contributed by atoms with Gasteiger partial charge >= 0.3 is 12.1 Å². The first-order valence-corrected chi connectivity index (χ1v) is 8.02. The fourth-order valence-corrected chi connectivity index (χ4v) is 2.12. The van der Waals surface area contributed by atoms with Gasteiger partial charge in [-0.15, -0.1) is 0 Å². The summed E-state index contributed by atoms with van der Waals surface area (Å²) in [4.78, 5) is 11.0. The molecule has 0 aliphatic carbocycles. The smallest absolute Gasteiger partial charge is 0.329 e. The van der Waals surface area contributed by atoms with E-state index in [-0.39, 0.29) is 16.5 Å². The molecule has 3 N–H and O–H groups in total. The highest BCUT2D eigenvalue weighted by atomic mass is 32.1. The Morgan fingerprint density at radius 3 is 2.43 bits per heavy atom. The van der Waals surface area contributed by atoms with Gasteiger partial charge in [-0.2, -0.15) is 18.3 Å². The molecule has 0 saturated heterocycles. The number of benzene rings is 2. The van der Waals surface area contributed by atoms with Gasteiger partial charge in [-0.1, -0.05) is 12.1 Å². The highest BCUT2D eigenvalue weighted by Gasteiger charge is 2.38. The molecule has 0 fully saturated rings. The zero-order valence-electron chi connectivity index (χ0n) is 14.2. The number of amides is 1. The molecule has 0 heterocycles. The molecule has 28 heavy (non-hydrogen) atoms. The highest BCUT2D eigenvalue weighted by molar-refractivity contribution is 7.80. The van der Waals surface area contributed by atoms with Gasteiger partial charge in [-0.25, -0.2) is 8.78 Å². The first-order chi connectivity index (χ1) is 13.1. The number of thiocarbonyl (C=S) groups is 1. The average molecular weight is 416 g/mol. The van der Waals surface area contributed by atoms with Crippen LogP contribution in [0, 0.1) is 11.6 Å². The molecule has 5 nitrogen and oxygen atoms in total. The monoisotopic (exact) mass is 416 g/mol. The number of nitrogens with zero attached hydrogens (tertiary/aromatic N) is 1. The van der Waals surface area contributed by atoms with Gasteiger partial charge in [-0.3, -0.25) is 10.2 Å². The molecule has 148 valence electrons. The Hall–Kier alpha value is -3.08. The van der Waals surface area contributed by atoms with Crippen molar-refractivity contribution in [1.29, 1.82) is 0 Å². The van der Waals surface area contributed by atoms with Crippen LogP contribution in [-0.2, 0) is 4.79 Å². The number of hydrogen-bond donors (Lipinski definition) is 3. The molecule has 0 saturated carbocycles. The molecule has 2 rings (SSSR count). The Bertz CT molecular complexity index is 930. The summed E-state index contributed by atoms with van der Waals surface area (Å²) >= 11 is 4.95. The maximum atomic E-state index is 13.6. The number of carbonyl (C=O) groups is 1. The molecular weight excluding hydrogens is 403 g/mol. The first-order valence-electron chi connectivity index (χ1n) is 7.61. The fraction of sp³-hybridized carbons (Fsp3) is 0.118. The van der Waals surface area contributed by atoms with E-state index < -0.39 is 23.7 Å². The van der Waals surface area contributed by atoms with Crippen LogP contribution in [0.2, 0.25) is 0 Å². The van der Waals surface area contributed by atoms with Crippen LogP contribution in [0.3, 0.4) is 0 Å². The summed E-state index contributed by atoms with van der Waals surface area (Å²) in [5.41, 5.74) is 3.04. The Balaban J connectivity index is 2.03. The van der Waals surface area contributed by atoms with Crippen molar-refractivity contribution in [1.82, 2.24) is 5.43 Å². The number of hydrogen-bond acceptors (Lipinski definition) is 3. The lowest BCUT2D eigenvalue weighted by Crippen LogP contribution is -2.30. The van der Waals surface area contributed by atoms with E-state index >= 15 is 0 Å². The maximum absolute atomic E-state index is 13.6. The van der Waals surface area contributed by atoms with Crippen LogP contribution in [0.25, 0.3) is 0 Å². The van der Waals surface area contributed by atoms with Gasteiger partial charge in [0.05, 0.1) is 11.4 Å². The van der Waals surface area contributed by atoms with Crippen molar-refractivity contribution < 1.29 is 26.7 Å². The van der Waals surface area contributed by atoms with E-state index in [0.29, 0.717) is 17.3 Å². The lowest BCUT2D eigenvalue weighted by atomic mass is 10.1. The van der Waals surface area contributed by atoms with Crippen LogP contribution in [0.5, 0.6) is 0 Å². The predicted octanol–water partition coefficient (Wildman–Crippen LogP) is 4.18. The van der Waals surface area contributed by atoms with Gasteiger partial charge in [0.1, 0.15) is 11.6 Å². The van der Waals surface area contributed by atoms with E-state index in [0.717, 1.165) is 12.1 Å². The van der Waals surface area contributed by atoms with E-state index in [1.165, 1.54) is 18.2 Å². The Morgan fingerprint density at radius 2 is 1.79 bits per heavy atom. The molecule has 2 aromatic carbocycles. The minimum absolute atomic E-state index is 0.0661. The van der Waals surface area contributed by atoms with Crippen LogP contribution in [0.1, 0.15) is 12.5 Å². The number of anilines is 2. The number of carbonyl (C=O) groups excluding carboxylic acids is 1. The van der Waals surface area contributed by atoms with Gasteiger partial charge in [0.25, 0.3) is 0 Å². The molecule has 0 spiro atoms. The number of nitrogens with one attached hydrogen (secondary N) is 3. The SMILES string of the molecule is CC(=NNC(=S)Nc1ccc(F)cc1F)c1cccc(NC(=O)C(F)(F)F)c1. The first kappa shape index (κ1) is 21.2. The molecule has 2 aromatic rings. The standard InChI is InChI=1S/C17H13F5N4OS/c1-9(10-3-2-4-12(7-10)23-15(27)17(20,21)22)25-26-16(28)24-14-6-5-11(18)8-13(14)19/h2-8H,1H3,(H,23,27)(H2,24,26,28). The minimum atomic E-state index is -5.01. The Kier molecular flexibility index (Phi) is 6.62. The third kappa shape index (κ3) is 5.98. The Morgan fingerprint density at radius 1 is 1.07 bits per heavy atom. The van der Waals surface area contributed by atoms with Crippen LogP contribution in [0.15, 0.2) is 47.6 Å². The minimum Gasteiger partial charge on any atom is -0.329 e. The normalized spacial score (nSPS) is 11.7. The number of halogens is 5. The molecule has 0 aromatic heterocycles. The van der Waals surface area contributed by atoms with Gasteiger partial charge in [-0.05, 0) is 49.0 Å². The molecule has 0 unspecified atom stereocenters. The van der Waals surface area contributed by atoms with E-state index in [1.54, 1.807) is 18.3 Å². The molecule has 0 atom stereocenters. The molecule has 11 heteroatoms. The number of hydrazone groups is 1. The lowest BCUT2D eigenvalue weighted by molar-refractivity contribution is -0.167. The van der Waals surface area contributed by atoms with Crippen LogP contribution in [0.4, 0.5) is 33.3 Å². The van der Waals surface area contributed by atoms with Crippen molar-refractivity contribution >= 4 is 40.3 Å². The molecular formula is C17H13F5N4OS.